The zero-order valence-corrected chi connectivity index (χ0v) is 20.8. The molecule has 1 N–H and O–H groups in total. The second-order valence-corrected chi connectivity index (χ2v) is 8.86. The topological polar surface area (TPSA) is 114 Å². The highest BCUT2D eigenvalue weighted by atomic mass is 16.6. The Morgan fingerprint density at radius 1 is 1.27 bits per heavy atom. The molecule has 0 aliphatic carbocycles. The molecule has 37 heavy (non-hydrogen) atoms. The Morgan fingerprint density at radius 3 is 2.92 bits per heavy atom. The van der Waals surface area contributed by atoms with Crippen molar-refractivity contribution in [1.29, 1.82) is 0 Å². The van der Waals surface area contributed by atoms with Crippen molar-refractivity contribution in [3.05, 3.63) is 83.1 Å². The molecule has 0 unspecified atom stereocenters. The molecule has 1 fully saturated rings. The van der Waals surface area contributed by atoms with Crippen LogP contribution in [0, 0.1) is 0 Å². The number of benzene rings is 1. The van der Waals surface area contributed by atoms with Gasteiger partial charge in [0.05, 0.1) is 17.8 Å². The van der Waals surface area contributed by atoms with Crippen LogP contribution in [0.2, 0.25) is 0 Å². The molecule has 9 nitrogen and oxygen atoms in total. The largest absolute Gasteiger partial charge is 0.427 e. The maximum Gasteiger partial charge on any atom is 0.348 e. The quantitative estimate of drug-likeness (QED) is 0.251. The predicted molar refractivity (Wildman–Crippen MR) is 142 cm³/mol. The molecule has 0 bridgehead atoms. The van der Waals surface area contributed by atoms with E-state index in [-0.39, 0.29) is 25.1 Å². The Labute approximate surface area is 214 Å². The summed E-state index contributed by atoms with van der Waals surface area (Å²) in [4.78, 5) is 50.2. The highest BCUT2D eigenvalue weighted by Gasteiger charge is 2.39. The first-order chi connectivity index (χ1) is 18.0. The van der Waals surface area contributed by atoms with Crippen LogP contribution >= 0.6 is 0 Å². The Morgan fingerprint density at radius 2 is 2.14 bits per heavy atom. The van der Waals surface area contributed by atoms with Gasteiger partial charge in [-0.15, -0.1) is 0 Å². The minimum Gasteiger partial charge on any atom is -0.427 e. The van der Waals surface area contributed by atoms with Crippen molar-refractivity contribution in [2.24, 2.45) is 5.16 Å². The fourth-order valence-corrected chi connectivity index (χ4v) is 4.23. The van der Waals surface area contributed by atoms with Crippen LogP contribution in [-0.2, 0) is 16.1 Å². The fourth-order valence-electron chi connectivity index (χ4n) is 4.23. The van der Waals surface area contributed by atoms with Crippen LogP contribution in [0.3, 0.4) is 0 Å². The molecule has 1 aliphatic rings. The van der Waals surface area contributed by atoms with Crippen LogP contribution < -0.4 is 10.9 Å². The lowest BCUT2D eigenvalue weighted by atomic mass is 10.1. The minimum absolute atomic E-state index is 0.0490. The lowest BCUT2D eigenvalue weighted by molar-refractivity contribution is -0.119. The first-order valence-corrected chi connectivity index (χ1v) is 12.4. The van der Waals surface area contributed by atoms with Gasteiger partial charge < -0.3 is 19.5 Å². The van der Waals surface area contributed by atoms with Gasteiger partial charge in [-0.3, -0.25) is 14.6 Å². The molecule has 9 heteroatoms. The number of aryl methyl sites for hydroxylation is 1. The van der Waals surface area contributed by atoms with Crippen molar-refractivity contribution in [3.8, 4) is 0 Å². The number of anilines is 1. The molecule has 1 atom stereocenters. The van der Waals surface area contributed by atoms with Gasteiger partial charge in [0.15, 0.2) is 0 Å². The van der Waals surface area contributed by atoms with Gasteiger partial charge in [-0.25, -0.2) is 4.79 Å². The van der Waals surface area contributed by atoms with Gasteiger partial charge in [-0.05, 0) is 42.8 Å². The van der Waals surface area contributed by atoms with Crippen LogP contribution in [0.5, 0.6) is 0 Å². The van der Waals surface area contributed by atoms with Gasteiger partial charge in [0.2, 0.25) is 5.91 Å². The molecular weight excluding hydrogens is 472 g/mol. The number of fused-ring (bicyclic) bond motifs is 1. The monoisotopic (exact) mass is 502 g/mol. The third-order valence-corrected chi connectivity index (χ3v) is 6.11. The number of amides is 2. The van der Waals surface area contributed by atoms with Gasteiger partial charge in [0, 0.05) is 30.1 Å². The molecule has 1 aromatic carbocycles. The Bertz CT molecular complexity index is 1380. The number of pyridine rings is 1. The number of nitrogens with one attached hydrogen (secondary N) is 1. The maximum absolute atomic E-state index is 13.4. The van der Waals surface area contributed by atoms with E-state index >= 15 is 0 Å². The van der Waals surface area contributed by atoms with Crippen molar-refractivity contribution in [3.63, 3.8) is 0 Å². The summed E-state index contributed by atoms with van der Waals surface area (Å²) in [7, 11) is 0. The summed E-state index contributed by atoms with van der Waals surface area (Å²) in [5.74, 6) is -0.451. The second kappa shape index (κ2) is 12.1. The average Bonchev–Trinajstić information content (AvgIpc) is 3.33. The number of oxime groups is 1. The van der Waals surface area contributed by atoms with Gasteiger partial charge in [-0.1, -0.05) is 43.6 Å². The van der Waals surface area contributed by atoms with Gasteiger partial charge in [-0.2, -0.15) is 0 Å². The lowest BCUT2D eigenvalue weighted by Crippen LogP contribution is -2.44. The molecule has 0 spiro atoms. The highest BCUT2D eigenvalue weighted by molar-refractivity contribution is 6.08. The van der Waals surface area contributed by atoms with Gasteiger partial charge >= 0.3 is 5.63 Å². The maximum atomic E-state index is 13.4. The average molecular weight is 503 g/mol. The van der Waals surface area contributed by atoms with Gasteiger partial charge in [0.1, 0.15) is 24.0 Å². The summed E-state index contributed by atoms with van der Waals surface area (Å²) in [6, 6.07) is 11.3. The molecular formula is C28H30N4O5. The molecule has 4 rings (SSSR count). The second-order valence-electron chi connectivity index (χ2n) is 8.86. The number of likely N-dealkylation sites (tertiary alicyclic amines) is 1. The molecule has 192 valence electrons. The predicted octanol–water partition coefficient (Wildman–Crippen LogP) is 4.33. The highest BCUT2D eigenvalue weighted by Crippen LogP contribution is 2.22. The van der Waals surface area contributed by atoms with Crippen molar-refractivity contribution >= 4 is 34.1 Å². The summed E-state index contributed by atoms with van der Waals surface area (Å²) in [6.45, 7) is 5.93. The number of aromatic nitrogens is 1. The first-order valence-electron chi connectivity index (χ1n) is 12.4. The van der Waals surface area contributed by atoms with E-state index in [1.807, 2.05) is 24.3 Å². The van der Waals surface area contributed by atoms with E-state index < -0.39 is 23.5 Å². The molecule has 2 aromatic heterocycles. The Balaban J connectivity index is 1.56. The molecule has 3 heterocycles. The third-order valence-electron chi connectivity index (χ3n) is 6.11. The summed E-state index contributed by atoms with van der Waals surface area (Å²) in [5.41, 5.74) is 1.05. The Hall–Kier alpha value is -4.27. The fraction of sp³-hybridized carbons (Fsp3) is 0.321. The van der Waals surface area contributed by atoms with Crippen molar-refractivity contribution < 1.29 is 18.8 Å². The van der Waals surface area contributed by atoms with E-state index in [0.717, 1.165) is 30.2 Å². The first kappa shape index (κ1) is 25.8. The molecule has 3 aromatic rings. The summed E-state index contributed by atoms with van der Waals surface area (Å²) in [5, 5.41) is 7.81. The third kappa shape index (κ3) is 6.30. The van der Waals surface area contributed by atoms with E-state index in [2.05, 4.69) is 29.0 Å². The van der Waals surface area contributed by atoms with Crippen LogP contribution in [0.15, 0.2) is 75.7 Å². The molecule has 0 radical (unpaired) electrons. The van der Waals surface area contributed by atoms with Crippen molar-refractivity contribution in [2.45, 2.75) is 45.1 Å². The zero-order chi connectivity index (χ0) is 26.2. The van der Waals surface area contributed by atoms with Crippen LogP contribution in [0.1, 0.15) is 48.7 Å². The molecule has 2 amide bonds. The van der Waals surface area contributed by atoms with E-state index in [9.17, 15) is 14.4 Å². The number of rotatable bonds is 10. The van der Waals surface area contributed by atoms with Crippen LogP contribution in [0.25, 0.3) is 10.9 Å². The molecule has 1 aliphatic heterocycles. The summed E-state index contributed by atoms with van der Waals surface area (Å²) >= 11 is 0. The smallest absolute Gasteiger partial charge is 0.348 e. The van der Waals surface area contributed by atoms with Crippen molar-refractivity contribution in [1.82, 2.24) is 9.88 Å². The number of hydrogen-bond donors (Lipinski definition) is 1. The van der Waals surface area contributed by atoms with Gasteiger partial charge in [0.25, 0.3) is 5.91 Å². The van der Waals surface area contributed by atoms with E-state index in [1.54, 1.807) is 24.4 Å². The number of hydrogen-bond acceptors (Lipinski definition) is 7. The SMILES string of the molecule is C=CCON=C1C[C@@H](C(=O)Nc2ccc3ncccc3c2)N(C(=O)c2ccc(CCCCC)oc2=O)C1. The summed E-state index contributed by atoms with van der Waals surface area (Å²) < 4.78 is 5.40. The van der Waals surface area contributed by atoms with E-state index in [1.165, 1.54) is 11.0 Å². The van der Waals surface area contributed by atoms with E-state index in [0.29, 0.717) is 23.6 Å². The summed E-state index contributed by atoms with van der Waals surface area (Å²) in [6.07, 6.45) is 7.03. The van der Waals surface area contributed by atoms with E-state index in [4.69, 9.17) is 9.25 Å². The number of carbonyl (C=O) groups excluding carboxylic acids is 2. The number of unbranched alkanes of at least 4 members (excludes halogenated alkanes) is 2. The number of nitrogens with zero attached hydrogens (tertiary/aromatic N) is 3. The standard InChI is InChI=1S/C28H30N4O5/c1-3-5-6-9-22-11-12-23(28(35)37-22)27(34)32-18-21(31-36-15-4-2)17-25(32)26(33)30-20-10-13-24-19(16-20)8-7-14-29-24/h4,7-8,10-14,16,25H,2-3,5-6,9,15,17-18H2,1H3,(H,30,33)/t25-/m0/s1. The normalized spacial score (nSPS) is 16.2. The zero-order valence-electron chi connectivity index (χ0n) is 20.8. The minimum atomic E-state index is -0.883. The van der Waals surface area contributed by atoms with Crippen LogP contribution in [0.4, 0.5) is 5.69 Å². The lowest BCUT2D eigenvalue weighted by Gasteiger charge is -2.23. The number of carbonyl (C=O) groups is 2. The Kier molecular flexibility index (Phi) is 8.45. The van der Waals surface area contributed by atoms with Crippen LogP contribution in [-0.4, -0.2) is 46.6 Å². The molecule has 0 saturated carbocycles. The molecule has 1 saturated heterocycles. The van der Waals surface area contributed by atoms with Crippen molar-refractivity contribution in [2.75, 3.05) is 18.5 Å².